The number of rotatable bonds is 5. The summed E-state index contributed by atoms with van der Waals surface area (Å²) in [6.45, 7) is 0. The van der Waals surface area contributed by atoms with Crippen molar-refractivity contribution < 1.29 is 20.1 Å². The molecule has 17 heavy (non-hydrogen) atoms. The van der Waals surface area contributed by atoms with Crippen molar-refractivity contribution in [1.29, 1.82) is 5.26 Å². The Morgan fingerprint density at radius 3 is 2.88 bits per heavy atom. The smallest absolute Gasteiger partial charge is 0.328 e. The Bertz CT molecular complexity index is 460. The van der Waals surface area contributed by atoms with Crippen LogP contribution in [0.5, 0.6) is 0 Å². The van der Waals surface area contributed by atoms with Crippen LogP contribution in [0, 0.1) is 11.3 Å². The van der Waals surface area contributed by atoms with Crippen molar-refractivity contribution in [2.24, 2.45) is 0 Å². The number of nitriles is 1. The molecule has 0 aliphatic heterocycles. The highest BCUT2D eigenvalue weighted by Gasteiger charge is 2.18. The summed E-state index contributed by atoms with van der Waals surface area (Å²) in [4.78, 5) is 11.0. The third kappa shape index (κ3) is 4.00. The van der Waals surface area contributed by atoms with Crippen LogP contribution in [0.1, 0.15) is 23.0 Å². The normalized spacial score (nSPS) is 14.4. The van der Waals surface area contributed by atoms with Gasteiger partial charge in [-0.25, -0.2) is 4.79 Å². The molecule has 6 heteroatoms. The minimum absolute atomic E-state index is 0.155. The number of aliphatic hydroxyl groups is 2. The predicted octanol–water partition coefficient (Wildman–Crippen LogP) is 1.15. The highest BCUT2D eigenvalue weighted by atomic mass is 32.1. The van der Waals surface area contributed by atoms with E-state index in [0.29, 0.717) is 10.4 Å². The summed E-state index contributed by atoms with van der Waals surface area (Å²) < 4.78 is 0. The van der Waals surface area contributed by atoms with E-state index >= 15 is 0 Å². The van der Waals surface area contributed by atoms with E-state index in [4.69, 9.17) is 10.4 Å². The van der Waals surface area contributed by atoms with E-state index in [1.54, 1.807) is 17.5 Å². The summed E-state index contributed by atoms with van der Waals surface area (Å²) in [5.41, 5.74) is 0.475. The van der Waals surface area contributed by atoms with Crippen molar-refractivity contribution in [1.82, 2.24) is 0 Å². The van der Waals surface area contributed by atoms with Crippen LogP contribution in [0.4, 0.5) is 0 Å². The number of hydrogen-bond donors (Lipinski definition) is 3. The second-order valence-corrected chi connectivity index (χ2v) is 4.27. The number of carboxylic acids is 1. The standard InChI is InChI=1S/C11H11NO4S/c12-4-3-9(13)11(16)7-5-8(17-6-7)1-2-10(14)15/h1-2,5-6,9,11,13,16H,3H2,(H,14,15)/b2-1+. The highest BCUT2D eigenvalue weighted by molar-refractivity contribution is 7.11. The van der Waals surface area contributed by atoms with Gasteiger partial charge in [0.1, 0.15) is 6.10 Å². The highest BCUT2D eigenvalue weighted by Crippen LogP contribution is 2.25. The van der Waals surface area contributed by atoms with Crippen LogP contribution in [-0.4, -0.2) is 27.4 Å². The summed E-state index contributed by atoms with van der Waals surface area (Å²) in [6.07, 6.45) is -0.0194. The molecule has 0 bridgehead atoms. The zero-order valence-corrected chi connectivity index (χ0v) is 9.59. The summed E-state index contributed by atoms with van der Waals surface area (Å²) in [7, 11) is 0. The van der Waals surface area contributed by atoms with Crippen molar-refractivity contribution >= 4 is 23.4 Å². The van der Waals surface area contributed by atoms with Crippen LogP contribution in [0.2, 0.25) is 0 Å². The first kappa shape index (κ1) is 13.4. The van der Waals surface area contributed by atoms with Gasteiger partial charge in [0.2, 0.25) is 0 Å². The van der Waals surface area contributed by atoms with Crippen LogP contribution < -0.4 is 0 Å². The molecule has 0 spiro atoms. The molecule has 0 radical (unpaired) electrons. The lowest BCUT2D eigenvalue weighted by Gasteiger charge is -2.13. The molecule has 0 fully saturated rings. The van der Waals surface area contributed by atoms with Crippen LogP contribution >= 0.6 is 11.3 Å². The Morgan fingerprint density at radius 2 is 2.29 bits per heavy atom. The van der Waals surface area contributed by atoms with E-state index in [0.717, 1.165) is 6.08 Å². The summed E-state index contributed by atoms with van der Waals surface area (Å²) in [6, 6.07) is 3.35. The van der Waals surface area contributed by atoms with Gasteiger partial charge in [-0.2, -0.15) is 5.26 Å². The molecule has 0 aliphatic carbocycles. The molecule has 0 saturated heterocycles. The van der Waals surface area contributed by atoms with Crippen molar-refractivity contribution in [2.75, 3.05) is 0 Å². The zero-order valence-electron chi connectivity index (χ0n) is 8.78. The van der Waals surface area contributed by atoms with Gasteiger partial charge in [-0.3, -0.25) is 0 Å². The molecule has 2 unspecified atom stereocenters. The number of aliphatic carboxylic acids is 1. The van der Waals surface area contributed by atoms with Crippen molar-refractivity contribution in [3.63, 3.8) is 0 Å². The van der Waals surface area contributed by atoms with Gasteiger partial charge in [-0.15, -0.1) is 11.3 Å². The quantitative estimate of drug-likeness (QED) is 0.683. The van der Waals surface area contributed by atoms with Crippen LogP contribution in [0.15, 0.2) is 17.5 Å². The lowest BCUT2D eigenvalue weighted by molar-refractivity contribution is -0.131. The van der Waals surface area contributed by atoms with Gasteiger partial charge in [0.25, 0.3) is 0 Å². The minimum Gasteiger partial charge on any atom is -0.478 e. The molecule has 90 valence electrons. The Kier molecular flexibility index (Phi) is 4.84. The summed E-state index contributed by atoms with van der Waals surface area (Å²) in [5.74, 6) is -1.05. The van der Waals surface area contributed by atoms with Gasteiger partial charge < -0.3 is 15.3 Å². The molecule has 0 aliphatic rings. The second-order valence-electron chi connectivity index (χ2n) is 3.33. The van der Waals surface area contributed by atoms with Gasteiger partial charge in [0.15, 0.2) is 0 Å². The third-order valence-electron chi connectivity index (χ3n) is 2.04. The number of thiophene rings is 1. The zero-order chi connectivity index (χ0) is 12.8. The molecule has 2 atom stereocenters. The molecular weight excluding hydrogens is 242 g/mol. The van der Waals surface area contributed by atoms with Gasteiger partial charge in [-0.1, -0.05) is 0 Å². The molecule has 1 aromatic rings. The first-order valence-electron chi connectivity index (χ1n) is 4.77. The average molecular weight is 253 g/mol. The second kappa shape index (κ2) is 6.15. The fourth-order valence-electron chi connectivity index (χ4n) is 1.19. The van der Waals surface area contributed by atoms with Gasteiger partial charge in [0.05, 0.1) is 18.6 Å². The summed E-state index contributed by atoms with van der Waals surface area (Å²) >= 11 is 1.25. The molecular formula is C11H11NO4S. The van der Waals surface area contributed by atoms with E-state index in [1.165, 1.54) is 17.4 Å². The number of aliphatic hydroxyl groups excluding tert-OH is 2. The fraction of sp³-hybridized carbons (Fsp3) is 0.273. The van der Waals surface area contributed by atoms with Crippen molar-refractivity contribution in [3.8, 4) is 6.07 Å². The summed E-state index contributed by atoms with van der Waals surface area (Å²) in [5, 5.41) is 37.5. The van der Waals surface area contributed by atoms with Gasteiger partial charge >= 0.3 is 5.97 Å². The fourth-order valence-corrected chi connectivity index (χ4v) is 2.02. The molecule has 1 heterocycles. The predicted molar refractivity (Wildman–Crippen MR) is 62.2 cm³/mol. The Morgan fingerprint density at radius 1 is 1.59 bits per heavy atom. The van der Waals surface area contributed by atoms with Gasteiger partial charge in [0, 0.05) is 11.0 Å². The molecule has 0 amide bonds. The molecule has 3 N–H and O–H groups in total. The first-order chi connectivity index (χ1) is 8.04. The van der Waals surface area contributed by atoms with Crippen molar-refractivity contribution in [2.45, 2.75) is 18.6 Å². The Labute approximate surface area is 102 Å². The van der Waals surface area contributed by atoms with E-state index in [1.807, 2.05) is 0 Å². The van der Waals surface area contributed by atoms with E-state index < -0.39 is 18.2 Å². The third-order valence-corrected chi connectivity index (χ3v) is 2.95. The first-order valence-corrected chi connectivity index (χ1v) is 5.65. The SMILES string of the molecule is N#CCC(O)C(O)c1csc(/C=C/C(=O)O)c1. The van der Waals surface area contributed by atoms with Crippen LogP contribution in [0.25, 0.3) is 6.08 Å². The molecule has 5 nitrogen and oxygen atoms in total. The lowest BCUT2D eigenvalue weighted by Crippen LogP contribution is -2.16. The molecule has 0 aromatic carbocycles. The topological polar surface area (TPSA) is 102 Å². The molecule has 1 rings (SSSR count). The maximum atomic E-state index is 10.3. The Hall–Kier alpha value is -1.68. The number of carboxylic acid groups (broad SMARTS) is 1. The maximum absolute atomic E-state index is 10.3. The van der Waals surface area contributed by atoms with E-state index in [9.17, 15) is 15.0 Å². The lowest BCUT2D eigenvalue weighted by atomic mass is 10.1. The molecule has 0 saturated carbocycles. The van der Waals surface area contributed by atoms with Gasteiger partial charge in [-0.05, 0) is 23.1 Å². The molecule has 1 aromatic heterocycles. The maximum Gasteiger partial charge on any atom is 0.328 e. The minimum atomic E-state index is -1.13. The monoisotopic (exact) mass is 253 g/mol. The number of carbonyl (C=O) groups is 1. The van der Waals surface area contributed by atoms with Crippen LogP contribution in [0.3, 0.4) is 0 Å². The Balaban J connectivity index is 2.74. The van der Waals surface area contributed by atoms with Crippen molar-refractivity contribution in [3.05, 3.63) is 28.0 Å². The van der Waals surface area contributed by atoms with Crippen LogP contribution in [-0.2, 0) is 4.79 Å². The number of nitrogens with zero attached hydrogens (tertiary/aromatic N) is 1. The number of hydrogen-bond acceptors (Lipinski definition) is 5. The largest absolute Gasteiger partial charge is 0.478 e. The average Bonchev–Trinajstić information content (AvgIpc) is 2.74. The van der Waals surface area contributed by atoms with E-state index in [2.05, 4.69) is 0 Å². The van der Waals surface area contributed by atoms with E-state index in [-0.39, 0.29) is 6.42 Å².